The van der Waals surface area contributed by atoms with Crippen LogP contribution >= 0.6 is 0 Å². The number of nitrogens with one attached hydrogen (secondary N) is 2. The van der Waals surface area contributed by atoms with E-state index in [1.54, 1.807) is 0 Å². The minimum Gasteiger partial charge on any atom is -0.376 e. The van der Waals surface area contributed by atoms with Crippen molar-refractivity contribution < 1.29 is 9.53 Å². The summed E-state index contributed by atoms with van der Waals surface area (Å²) in [6.07, 6.45) is 2.93. The van der Waals surface area contributed by atoms with Crippen LogP contribution in [0.25, 0.3) is 0 Å². The molecule has 1 heterocycles. The fourth-order valence-electron chi connectivity index (χ4n) is 2.22. The first-order chi connectivity index (χ1) is 9.34. The lowest BCUT2D eigenvalue weighted by Gasteiger charge is -2.22. The van der Waals surface area contributed by atoms with Crippen molar-refractivity contribution >= 4 is 5.91 Å². The number of hydrogen-bond acceptors (Lipinski definition) is 3. The average molecular weight is 262 g/mol. The van der Waals surface area contributed by atoms with E-state index in [9.17, 15) is 4.79 Å². The van der Waals surface area contributed by atoms with Crippen molar-refractivity contribution in [2.75, 3.05) is 26.2 Å². The zero-order valence-corrected chi connectivity index (χ0v) is 11.2. The van der Waals surface area contributed by atoms with Gasteiger partial charge in [-0.2, -0.15) is 0 Å². The third-order valence-corrected chi connectivity index (χ3v) is 3.27. The van der Waals surface area contributed by atoms with Gasteiger partial charge in [-0.15, -0.1) is 0 Å². The maximum absolute atomic E-state index is 11.7. The van der Waals surface area contributed by atoms with E-state index in [4.69, 9.17) is 4.74 Å². The Balaban J connectivity index is 1.56. The van der Waals surface area contributed by atoms with Crippen LogP contribution in [-0.4, -0.2) is 38.3 Å². The minimum absolute atomic E-state index is 0.0557. The monoisotopic (exact) mass is 262 g/mol. The molecule has 4 heteroatoms. The van der Waals surface area contributed by atoms with Gasteiger partial charge in [0, 0.05) is 6.54 Å². The number of piperidine rings is 1. The van der Waals surface area contributed by atoms with Gasteiger partial charge in [-0.3, -0.25) is 4.79 Å². The lowest BCUT2D eigenvalue weighted by Crippen LogP contribution is -2.35. The number of carbonyl (C=O) groups excluding carboxylic acids is 1. The first-order valence-electron chi connectivity index (χ1n) is 6.97. The zero-order valence-electron chi connectivity index (χ0n) is 11.2. The molecule has 1 saturated heterocycles. The third-order valence-electron chi connectivity index (χ3n) is 3.27. The molecule has 2 N–H and O–H groups in total. The second kappa shape index (κ2) is 7.92. The maximum Gasteiger partial charge on any atom is 0.224 e. The van der Waals surface area contributed by atoms with Crippen LogP contribution in [0.3, 0.4) is 0 Å². The molecule has 1 fully saturated rings. The number of benzene rings is 1. The van der Waals surface area contributed by atoms with Gasteiger partial charge in [0.2, 0.25) is 5.91 Å². The molecule has 1 aromatic rings. The van der Waals surface area contributed by atoms with Gasteiger partial charge in [0.1, 0.15) is 0 Å². The molecular weight excluding hydrogens is 240 g/mol. The van der Waals surface area contributed by atoms with Crippen LogP contribution in [0.2, 0.25) is 0 Å². The molecule has 0 spiro atoms. The Bertz CT molecular complexity index is 375. The summed E-state index contributed by atoms with van der Waals surface area (Å²) in [5.41, 5.74) is 1.04. The van der Waals surface area contributed by atoms with E-state index in [-0.39, 0.29) is 5.91 Å². The van der Waals surface area contributed by atoms with Gasteiger partial charge in [0.05, 0.1) is 19.1 Å². The lowest BCUT2D eigenvalue weighted by atomic mass is 10.1. The number of rotatable bonds is 6. The Morgan fingerprint density at radius 2 is 2.00 bits per heavy atom. The molecule has 4 nitrogen and oxygen atoms in total. The molecule has 0 aliphatic carbocycles. The summed E-state index contributed by atoms with van der Waals surface area (Å²) in [7, 11) is 0. The summed E-state index contributed by atoms with van der Waals surface area (Å²) in [6.45, 7) is 3.26. The Kier molecular flexibility index (Phi) is 5.85. The van der Waals surface area contributed by atoms with Crippen LogP contribution in [-0.2, 0) is 16.0 Å². The normalized spacial score (nSPS) is 16.2. The summed E-state index contributed by atoms with van der Waals surface area (Å²) in [5.74, 6) is 0.0557. The van der Waals surface area contributed by atoms with Gasteiger partial charge < -0.3 is 15.4 Å². The van der Waals surface area contributed by atoms with E-state index in [1.807, 2.05) is 30.3 Å². The molecule has 0 saturated carbocycles. The first kappa shape index (κ1) is 14.0. The van der Waals surface area contributed by atoms with Gasteiger partial charge in [-0.05, 0) is 31.5 Å². The fourth-order valence-corrected chi connectivity index (χ4v) is 2.22. The van der Waals surface area contributed by atoms with Gasteiger partial charge >= 0.3 is 0 Å². The van der Waals surface area contributed by atoms with E-state index >= 15 is 0 Å². The first-order valence-corrected chi connectivity index (χ1v) is 6.97. The number of hydrogen-bond donors (Lipinski definition) is 2. The maximum atomic E-state index is 11.7. The topological polar surface area (TPSA) is 50.4 Å². The summed E-state index contributed by atoms with van der Waals surface area (Å²) in [6, 6.07) is 9.77. The lowest BCUT2D eigenvalue weighted by molar-refractivity contribution is -0.120. The molecule has 0 radical (unpaired) electrons. The Morgan fingerprint density at radius 3 is 2.74 bits per heavy atom. The Hall–Kier alpha value is -1.39. The second-order valence-electron chi connectivity index (χ2n) is 4.83. The molecule has 1 aromatic carbocycles. The van der Waals surface area contributed by atoms with Crippen molar-refractivity contribution in [2.24, 2.45) is 0 Å². The Labute approximate surface area is 114 Å². The summed E-state index contributed by atoms with van der Waals surface area (Å²) >= 11 is 0. The number of carbonyl (C=O) groups is 1. The van der Waals surface area contributed by atoms with E-state index in [0.717, 1.165) is 31.5 Å². The predicted octanol–water partition coefficient (Wildman–Crippen LogP) is 1.11. The van der Waals surface area contributed by atoms with Crippen molar-refractivity contribution in [1.29, 1.82) is 0 Å². The molecule has 0 aromatic heterocycles. The van der Waals surface area contributed by atoms with Crippen LogP contribution in [0, 0.1) is 0 Å². The summed E-state index contributed by atoms with van der Waals surface area (Å²) in [5, 5.41) is 6.19. The van der Waals surface area contributed by atoms with Crippen LogP contribution < -0.4 is 10.6 Å². The van der Waals surface area contributed by atoms with E-state index in [0.29, 0.717) is 25.7 Å². The molecule has 0 unspecified atom stereocenters. The SMILES string of the molecule is O=C(Cc1ccccc1)NCCOC1CCNCC1. The summed E-state index contributed by atoms with van der Waals surface area (Å²) in [4.78, 5) is 11.7. The fraction of sp³-hybridized carbons (Fsp3) is 0.533. The molecule has 1 aliphatic rings. The highest BCUT2D eigenvalue weighted by molar-refractivity contribution is 5.78. The molecular formula is C15H22N2O2. The van der Waals surface area contributed by atoms with Gasteiger partial charge in [0.25, 0.3) is 0 Å². The van der Waals surface area contributed by atoms with E-state index in [1.165, 1.54) is 0 Å². The van der Waals surface area contributed by atoms with E-state index in [2.05, 4.69) is 10.6 Å². The van der Waals surface area contributed by atoms with Crippen LogP contribution in [0.1, 0.15) is 18.4 Å². The van der Waals surface area contributed by atoms with Crippen LogP contribution in [0.4, 0.5) is 0 Å². The third kappa shape index (κ3) is 5.41. The molecule has 104 valence electrons. The molecule has 2 rings (SSSR count). The molecule has 1 aliphatic heterocycles. The van der Waals surface area contributed by atoms with E-state index < -0.39 is 0 Å². The second-order valence-corrected chi connectivity index (χ2v) is 4.83. The molecule has 0 atom stereocenters. The molecule has 19 heavy (non-hydrogen) atoms. The van der Waals surface area contributed by atoms with Crippen LogP contribution in [0.5, 0.6) is 0 Å². The van der Waals surface area contributed by atoms with Crippen molar-refractivity contribution in [2.45, 2.75) is 25.4 Å². The van der Waals surface area contributed by atoms with Crippen molar-refractivity contribution in [3.05, 3.63) is 35.9 Å². The van der Waals surface area contributed by atoms with Gasteiger partial charge in [-0.1, -0.05) is 30.3 Å². The standard InChI is InChI=1S/C15H22N2O2/c18-15(12-13-4-2-1-3-5-13)17-10-11-19-14-6-8-16-9-7-14/h1-5,14,16H,6-12H2,(H,17,18). The zero-order chi connectivity index (χ0) is 13.3. The highest BCUT2D eigenvalue weighted by Crippen LogP contribution is 2.06. The van der Waals surface area contributed by atoms with Crippen molar-refractivity contribution in [3.8, 4) is 0 Å². The highest BCUT2D eigenvalue weighted by atomic mass is 16.5. The van der Waals surface area contributed by atoms with Gasteiger partial charge in [-0.25, -0.2) is 0 Å². The smallest absolute Gasteiger partial charge is 0.224 e. The van der Waals surface area contributed by atoms with Crippen molar-refractivity contribution in [3.63, 3.8) is 0 Å². The number of amides is 1. The number of ether oxygens (including phenoxy) is 1. The Morgan fingerprint density at radius 1 is 1.26 bits per heavy atom. The molecule has 0 bridgehead atoms. The largest absolute Gasteiger partial charge is 0.376 e. The highest BCUT2D eigenvalue weighted by Gasteiger charge is 2.12. The quantitative estimate of drug-likeness (QED) is 0.755. The molecule has 1 amide bonds. The summed E-state index contributed by atoms with van der Waals surface area (Å²) < 4.78 is 5.73. The minimum atomic E-state index is 0.0557. The van der Waals surface area contributed by atoms with Crippen molar-refractivity contribution in [1.82, 2.24) is 10.6 Å². The predicted molar refractivity (Wildman–Crippen MR) is 75.0 cm³/mol. The van der Waals surface area contributed by atoms with Crippen LogP contribution in [0.15, 0.2) is 30.3 Å². The van der Waals surface area contributed by atoms with Gasteiger partial charge in [0.15, 0.2) is 0 Å². The average Bonchev–Trinajstić information content (AvgIpc) is 2.46.